The Balaban J connectivity index is 2.35. The van der Waals surface area contributed by atoms with E-state index in [1.54, 1.807) is 6.07 Å². The molecule has 2 rings (SSSR count). The minimum atomic E-state index is -0.373. The van der Waals surface area contributed by atoms with Crippen LogP contribution >= 0.6 is 0 Å². The van der Waals surface area contributed by atoms with E-state index in [4.69, 9.17) is 17.2 Å². The number of halogens is 1. The van der Waals surface area contributed by atoms with Crippen molar-refractivity contribution in [3.8, 4) is 0 Å². The summed E-state index contributed by atoms with van der Waals surface area (Å²) < 4.78 is 13.4. The van der Waals surface area contributed by atoms with Gasteiger partial charge < -0.3 is 22.1 Å². The molecule has 0 radical (unpaired) electrons. The Morgan fingerprint density at radius 1 is 1.10 bits per heavy atom. The SMILES string of the molecule is NC(N)=NC(N)=Nc1cc(F)ccc1N1CCCCC1. The number of benzene rings is 1. The highest BCUT2D eigenvalue weighted by Crippen LogP contribution is 2.31. The molecule has 7 heteroatoms. The van der Waals surface area contributed by atoms with Crippen molar-refractivity contribution in [2.75, 3.05) is 18.0 Å². The van der Waals surface area contributed by atoms with E-state index in [0.29, 0.717) is 5.69 Å². The molecule has 0 unspecified atom stereocenters. The van der Waals surface area contributed by atoms with E-state index in [-0.39, 0.29) is 17.7 Å². The monoisotopic (exact) mass is 278 g/mol. The van der Waals surface area contributed by atoms with Crippen LogP contribution in [-0.2, 0) is 0 Å². The molecule has 0 atom stereocenters. The molecule has 0 aliphatic carbocycles. The zero-order chi connectivity index (χ0) is 14.5. The van der Waals surface area contributed by atoms with E-state index >= 15 is 0 Å². The maximum atomic E-state index is 13.4. The molecule has 0 aromatic heterocycles. The van der Waals surface area contributed by atoms with E-state index in [1.165, 1.54) is 18.6 Å². The number of piperidine rings is 1. The molecule has 1 aliphatic heterocycles. The van der Waals surface area contributed by atoms with Crippen LogP contribution in [0.4, 0.5) is 15.8 Å². The molecule has 0 saturated carbocycles. The second-order valence-electron chi connectivity index (χ2n) is 4.69. The molecule has 108 valence electrons. The highest BCUT2D eigenvalue weighted by molar-refractivity contribution is 5.94. The van der Waals surface area contributed by atoms with Crippen LogP contribution < -0.4 is 22.1 Å². The van der Waals surface area contributed by atoms with Crippen LogP contribution in [-0.4, -0.2) is 25.0 Å². The van der Waals surface area contributed by atoms with Gasteiger partial charge in [-0.25, -0.2) is 9.38 Å². The predicted octanol–water partition coefficient (Wildman–Crippen LogP) is 1.04. The molecular formula is C13H19FN6. The van der Waals surface area contributed by atoms with Crippen LogP contribution in [0.15, 0.2) is 28.2 Å². The fourth-order valence-corrected chi connectivity index (χ4v) is 2.27. The summed E-state index contributed by atoms with van der Waals surface area (Å²) in [5.74, 6) is -0.641. The number of hydrogen-bond acceptors (Lipinski definition) is 2. The maximum Gasteiger partial charge on any atom is 0.223 e. The third-order valence-electron chi connectivity index (χ3n) is 3.11. The lowest BCUT2D eigenvalue weighted by atomic mass is 10.1. The van der Waals surface area contributed by atoms with Crippen LogP contribution in [0.25, 0.3) is 0 Å². The van der Waals surface area contributed by atoms with Gasteiger partial charge in [0.2, 0.25) is 5.96 Å². The zero-order valence-electron chi connectivity index (χ0n) is 11.2. The average molecular weight is 278 g/mol. The number of anilines is 1. The molecule has 1 aliphatic rings. The summed E-state index contributed by atoms with van der Waals surface area (Å²) in [6.45, 7) is 1.85. The number of guanidine groups is 2. The topological polar surface area (TPSA) is 106 Å². The molecule has 0 spiro atoms. The quantitative estimate of drug-likeness (QED) is 0.555. The van der Waals surface area contributed by atoms with E-state index in [9.17, 15) is 4.39 Å². The number of nitrogens with two attached hydrogens (primary N) is 3. The lowest BCUT2D eigenvalue weighted by Gasteiger charge is -2.29. The number of rotatable bonds is 2. The van der Waals surface area contributed by atoms with Crippen LogP contribution in [0.2, 0.25) is 0 Å². The second kappa shape index (κ2) is 6.23. The third-order valence-corrected chi connectivity index (χ3v) is 3.11. The summed E-state index contributed by atoms with van der Waals surface area (Å²) in [6, 6.07) is 4.46. The second-order valence-corrected chi connectivity index (χ2v) is 4.69. The fourth-order valence-electron chi connectivity index (χ4n) is 2.27. The van der Waals surface area contributed by atoms with Crippen molar-refractivity contribution >= 4 is 23.3 Å². The summed E-state index contributed by atoms with van der Waals surface area (Å²) in [5.41, 5.74) is 17.4. The lowest BCUT2D eigenvalue weighted by molar-refractivity contribution is 0.577. The molecule has 1 aromatic carbocycles. The molecule has 6 nitrogen and oxygen atoms in total. The standard InChI is InChI=1S/C13H19FN6/c14-9-4-5-11(20-6-2-1-3-7-20)10(8-9)18-13(17)19-12(15)16/h4-5,8H,1-3,6-7H2,(H6,15,16,17,18,19). The van der Waals surface area contributed by atoms with Crippen molar-refractivity contribution in [2.24, 2.45) is 27.2 Å². The normalized spacial score (nSPS) is 16.1. The molecule has 20 heavy (non-hydrogen) atoms. The molecule has 0 amide bonds. The fraction of sp³-hybridized carbons (Fsp3) is 0.385. The first-order valence-electron chi connectivity index (χ1n) is 6.54. The molecule has 1 saturated heterocycles. The summed E-state index contributed by atoms with van der Waals surface area (Å²) in [5, 5.41) is 0. The third kappa shape index (κ3) is 3.59. The van der Waals surface area contributed by atoms with E-state index in [0.717, 1.165) is 31.6 Å². The Hall–Kier alpha value is -2.31. The van der Waals surface area contributed by atoms with Gasteiger partial charge in [0.1, 0.15) is 5.82 Å². The van der Waals surface area contributed by atoms with E-state index in [2.05, 4.69) is 14.9 Å². The highest BCUT2D eigenvalue weighted by atomic mass is 19.1. The summed E-state index contributed by atoms with van der Waals surface area (Å²) >= 11 is 0. The van der Waals surface area contributed by atoms with Gasteiger partial charge in [-0.3, -0.25) is 0 Å². The molecule has 0 bridgehead atoms. The summed E-state index contributed by atoms with van der Waals surface area (Å²) in [7, 11) is 0. The minimum absolute atomic E-state index is 0.0890. The van der Waals surface area contributed by atoms with E-state index < -0.39 is 0 Å². The predicted molar refractivity (Wildman–Crippen MR) is 79.6 cm³/mol. The number of nitrogens with zero attached hydrogens (tertiary/aromatic N) is 3. The Bertz CT molecular complexity index is 530. The Morgan fingerprint density at radius 2 is 1.80 bits per heavy atom. The van der Waals surface area contributed by atoms with E-state index in [1.807, 2.05) is 0 Å². The van der Waals surface area contributed by atoms with Crippen molar-refractivity contribution in [2.45, 2.75) is 19.3 Å². The van der Waals surface area contributed by atoms with Crippen molar-refractivity contribution in [3.63, 3.8) is 0 Å². The molecule has 1 aromatic rings. The van der Waals surface area contributed by atoms with Gasteiger partial charge >= 0.3 is 0 Å². The van der Waals surface area contributed by atoms with Crippen LogP contribution in [0.3, 0.4) is 0 Å². The lowest BCUT2D eigenvalue weighted by Crippen LogP contribution is -2.29. The zero-order valence-corrected chi connectivity index (χ0v) is 11.2. The van der Waals surface area contributed by atoms with Gasteiger partial charge in [0.05, 0.1) is 11.4 Å². The van der Waals surface area contributed by atoms with Crippen molar-refractivity contribution < 1.29 is 4.39 Å². The van der Waals surface area contributed by atoms with Crippen molar-refractivity contribution in [1.82, 2.24) is 0 Å². The average Bonchev–Trinajstić information content (AvgIpc) is 2.39. The summed E-state index contributed by atoms with van der Waals surface area (Å²) in [4.78, 5) is 9.92. The Morgan fingerprint density at radius 3 is 2.45 bits per heavy atom. The van der Waals surface area contributed by atoms with Gasteiger partial charge in [-0.05, 0) is 31.4 Å². The first-order chi connectivity index (χ1) is 9.56. The molecule has 1 heterocycles. The highest BCUT2D eigenvalue weighted by Gasteiger charge is 2.15. The Kier molecular flexibility index (Phi) is 4.39. The summed E-state index contributed by atoms with van der Waals surface area (Å²) in [6.07, 6.45) is 3.44. The molecule has 1 fully saturated rings. The van der Waals surface area contributed by atoms with Gasteiger partial charge in [-0.15, -0.1) is 0 Å². The smallest absolute Gasteiger partial charge is 0.223 e. The van der Waals surface area contributed by atoms with Gasteiger partial charge in [-0.2, -0.15) is 4.99 Å². The molecule has 6 N–H and O–H groups in total. The van der Waals surface area contributed by atoms with Crippen LogP contribution in [0.5, 0.6) is 0 Å². The minimum Gasteiger partial charge on any atom is -0.370 e. The van der Waals surface area contributed by atoms with Gasteiger partial charge in [0.25, 0.3) is 0 Å². The van der Waals surface area contributed by atoms with Gasteiger partial charge in [-0.1, -0.05) is 0 Å². The number of aliphatic imine (C=N–C) groups is 2. The largest absolute Gasteiger partial charge is 0.370 e. The number of hydrogen-bond donors (Lipinski definition) is 3. The first kappa shape index (κ1) is 14.1. The first-order valence-corrected chi connectivity index (χ1v) is 6.54. The maximum absolute atomic E-state index is 13.4. The molecular weight excluding hydrogens is 259 g/mol. The Labute approximate surface area is 117 Å². The van der Waals surface area contributed by atoms with Crippen molar-refractivity contribution in [3.05, 3.63) is 24.0 Å². The van der Waals surface area contributed by atoms with Crippen molar-refractivity contribution in [1.29, 1.82) is 0 Å². The van der Waals surface area contributed by atoms with Gasteiger partial charge in [0.15, 0.2) is 5.96 Å². The van der Waals surface area contributed by atoms with Crippen LogP contribution in [0.1, 0.15) is 19.3 Å². The van der Waals surface area contributed by atoms with Crippen LogP contribution in [0, 0.1) is 5.82 Å². The van der Waals surface area contributed by atoms with Gasteiger partial charge in [0, 0.05) is 19.2 Å².